The quantitative estimate of drug-likeness (QED) is 0.688. The number of alkyl halides is 3. The van der Waals surface area contributed by atoms with Crippen LogP contribution in [0.25, 0.3) is 0 Å². The number of hydrogen-bond donors (Lipinski definition) is 0. The minimum absolute atomic E-state index is 0.425. The molecular weight excluding hydrogens is 273 g/mol. The first-order chi connectivity index (χ1) is 8.61. The van der Waals surface area contributed by atoms with E-state index in [4.69, 9.17) is 0 Å². The monoisotopic (exact) mass is 286 g/mol. The molecule has 0 aliphatic carbocycles. The van der Waals surface area contributed by atoms with Crippen LogP contribution >= 0.6 is 0 Å². The third kappa shape index (κ3) is 9.86. The smallest absolute Gasteiger partial charge is 0.457 e. The van der Waals surface area contributed by atoms with Gasteiger partial charge >= 0.3 is 18.3 Å². The zero-order valence-electron chi connectivity index (χ0n) is 10.3. The van der Waals surface area contributed by atoms with Crippen molar-refractivity contribution < 1.29 is 41.8 Å². The standard InChI is InChI=1S/C10H13F3O6/c1-6(2)8(15)17-3-7(14)4-18-9(16)19-5-10(11,12)13/h6H,3-5H2,1-2H3. The van der Waals surface area contributed by atoms with Gasteiger partial charge in [-0.1, -0.05) is 13.8 Å². The molecule has 0 radical (unpaired) electrons. The van der Waals surface area contributed by atoms with Gasteiger partial charge in [0.05, 0.1) is 5.92 Å². The molecule has 0 saturated heterocycles. The second-order valence-corrected chi connectivity index (χ2v) is 3.74. The lowest BCUT2D eigenvalue weighted by molar-refractivity contribution is -0.166. The van der Waals surface area contributed by atoms with Crippen molar-refractivity contribution in [1.82, 2.24) is 0 Å². The Morgan fingerprint density at radius 1 is 1.00 bits per heavy atom. The van der Waals surface area contributed by atoms with E-state index in [0.717, 1.165) is 0 Å². The van der Waals surface area contributed by atoms with Crippen LogP contribution in [0.15, 0.2) is 0 Å². The molecule has 19 heavy (non-hydrogen) atoms. The van der Waals surface area contributed by atoms with Gasteiger partial charge < -0.3 is 14.2 Å². The Kier molecular flexibility index (Phi) is 6.87. The molecule has 0 atom stereocenters. The summed E-state index contributed by atoms with van der Waals surface area (Å²) >= 11 is 0. The van der Waals surface area contributed by atoms with Crippen molar-refractivity contribution in [3.8, 4) is 0 Å². The van der Waals surface area contributed by atoms with Crippen molar-refractivity contribution in [3.63, 3.8) is 0 Å². The number of carbonyl (C=O) groups is 3. The van der Waals surface area contributed by atoms with E-state index in [0.29, 0.717) is 0 Å². The minimum Gasteiger partial charge on any atom is -0.457 e. The van der Waals surface area contributed by atoms with Gasteiger partial charge in [0, 0.05) is 0 Å². The summed E-state index contributed by atoms with van der Waals surface area (Å²) in [5.41, 5.74) is 0. The first kappa shape index (κ1) is 17.2. The summed E-state index contributed by atoms with van der Waals surface area (Å²) in [5, 5.41) is 0. The summed E-state index contributed by atoms with van der Waals surface area (Å²) in [6, 6.07) is 0. The lowest BCUT2D eigenvalue weighted by atomic mass is 10.2. The molecule has 0 aliphatic heterocycles. The summed E-state index contributed by atoms with van der Waals surface area (Å²) in [7, 11) is 0. The molecule has 0 aromatic carbocycles. The van der Waals surface area contributed by atoms with Crippen LogP contribution in [0, 0.1) is 5.92 Å². The first-order valence-electron chi connectivity index (χ1n) is 5.16. The molecule has 0 aromatic heterocycles. The highest BCUT2D eigenvalue weighted by Crippen LogP contribution is 2.14. The highest BCUT2D eigenvalue weighted by molar-refractivity contribution is 5.84. The fourth-order valence-corrected chi connectivity index (χ4v) is 0.682. The third-order valence-electron chi connectivity index (χ3n) is 1.55. The van der Waals surface area contributed by atoms with E-state index in [2.05, 4.69) is 14.2 Å². The van der Waals surface area contributed by atoms with Crippen molar-refractivity contribution in [2.45, 2.75) is 20.0 Å². The highest BCUT2D eigenvalue weighted by atomic mass is 19.4. The molecule has 0 saturated carbocycles. The van der Waals surface area contributed by atoms with Crippen LogP contribution in [0.4, 0.5) is 18.0 Å². The zero-order valence-corrected chi connectivity index (χ0v) is 10.3. The SMILES string of the molecule is CC(C)C(=O)OCC(=O)COC(=O)OCC(F)(F)F. The minimum atomic E-state index is -4.67. The first-order valence-corrected chi connectivity index (χ1v) is 5.16. The lowest BCUT2D eigenvalue weighted by Crippen LogP contribution is -2.25. The molecule has 0 aliphatic rings. The van der Waals surface area contributed by atoms with Crippen molar-refractivity contribution >= 4 is 17.9 Å². The Labute approximate surface area is 106 Å². The van der Waals surface area contributed by atoms with Crippen LogP contribution in [0.1, 0.15) is 13.8 Å². The molecule has 0 N–H and O–H groups in total. The van der Waals surface area contributed by atoms with Gasteiger partial charge in [-0.2, -0.15) is 13.2 Å². The molecule has 0 spiro atoms. The van der Waals surface area contributed by atoms with Gasteiger partial charge in [0.25, 0.3) is 0 Å². The number of ketones is 1. The van der Waals surface area contributed by atoms with E-state index in [-0.39, 0.29) is 0 Å². The topological polar surface area (TPSA) is 78.9 Å². The summed E-state index contributed by atoms with van der Waals surface area (Å²) in [6.45, 7) is -0.149. The van der Waals surface area contributed by atoms with E-state index in [1.54, 1.807) is 13.8 Å². The predicted molar refractivity (Wildman–Crippen MR) is 54.2 cm³/mol. The summed E-state index contributed by atoms with van der Waals surface area (Å²) < 4.78 is 47.2. The van der Waals surface area contributed by atoms with Crippen LogP contribution in [0.3, 0.4) is 0 Å². The van der Waals surface area contributed by atoms with Gasteiger partial charge in [-0.05, 0) is 0 Å². The van der Waals surface area contributed by atoms with Crippen molar-refractivity contribution in [2.75, 3.05) is 19.8 Å². The van der Waals surface area contributed by atoms with Gasteiger partial charge in [-0.3, -0.25) is 9.59 Å². The molecule has 0 bridgehead atoms. The van der Waals surface area contributed by atoms with Crippen molar-refractivity contribution in [3.05, 3.63) is 0 Å². The number of halogens is 3. The largest absolute Gasteiger partial charge is 0.509 e. The molecule has 110 valence electrons. The lowest BCUT2D eigenvalue weighted by Gasteiger charge is -2.08. The molecule has 0 fully saturated rings. The maximum Gasteiger partial charge on any atom is 0.509 e. The zero-order chi connectivity index (χ0) is 15.1. The summed E-state index contributed by atoms with van der Waals surface area (Å²) in [5.74, 6) is -1.82. The average molecular weight is 286 g/mol. The molecular formula is C10H13F3O6. The maximum absolute atomic E-state index is 11.6. The molecule has 0 heterocycles. The Morgan fingerprint density at radius 3 is 2.00 bits per heavy atom. The number of carbonyl (C=O) groups excluding carboxylic acids is 3. The maximum atomic E-state index is 11.6. The van der Waals surface area contributed by atoms with Crippen LogP contribution < -0.4 is 0 Å². The second-order valence-electron chi connectivity index (χ2n) is 3.74. The van der Waals surface area contributed by atoms with Crippen molar-refractivity contribution in [1.29, 1.82) is 0 Å². The Balaban J connectivity index is 3.79. The Hall–Kier alpha value is -1.80. The van der Waals surface area contributed by atoms with Gasteiger partial charge in [-0.25, -0.2) is 4.79 Å². The van der Waals surface area contributed by atoms with Gasteiger partial charge in [-0.15, -0.1) is 0 Å². The average Bonchev–Trinajstić information content (AvgIpc) is 2.29. The van der Waals surface area contributed by atoms with Gasteiger partial charge in [0.15, 0.2) is 19.8 Å². The van der Waals surface area contributed by atoms with E-state index in [1.807, 2.05) is 0 Å². The second kappa shape index (κ2) is 7.59. The summed E-state index contributed by atoms with van der Waals surface area (Å²) in [6.07, 6.45) is -6.30. The van der Waals surface area contributed by atoms with Gasteiger partial charge in [0.2, 0.25) is 5.78 Å². The molecule has 6 nitrogen and oxygen atoms in total. The predicted octanol–water partition coefficient (Wildman–Crippen LogP) is 1.47. The van der Waals surface area contributed by atoms with Crippen molar-refractivity contribution in [2.24, 2.45) is 5.92 Å². The third-order valence-corrected chi connectivity index (χ3v) is 1.55. The fraction of sp³-hybridized carbons (Fsp3) is 0.700. The molecule has 0 rings (SSSR count). The van der Waals surface area contributed by atoms with Gasteiger partial charge in [0.1, 0.15) is 0 Å². The van der Waals surface area contributed by atoms with E-state index < -0.39 is 49.8 Å². The van der Waals surface area contributed by atoms with E-state index >= 15 is 0 Å². The Morgan fingerprint density at radius 2 is 1.53 bits per heavy atom. The number of rotatable bonds is 6. The van der Waals surface area contributed by atoms with Crippen LogP contribution in [0.5, 0.6) is 0 Å². The number of hydrogen-bond acceptors (Lipinski definition) is 6. The molecule has 9 heteroatoms. The molecule has 0 amide bonds. The van der Waals surface area contributed by atoms with E-state index in [9.17, 15) is 27.6 Å². The summed E-state index contributed by atoms with van der Waals surface area (Å²) in [4.78, 5) is 32.6. The normalized spacial score (nSPS) is 11.1. The number of esters is 1. The molecule has 0 aromatic rings. The highest BCUT2D eigenvalue weighted by Gasteiger charge is 2.30. The van der Waals surface area contributed by atoms with Crippen LogP contribution in [-0.2, 0) is 23.8 Å². The van der Waals surface area contributed by atoms with E-state index in [1.165, 1.54) is 0 Å². The molecule has 0 unspecified atom stereocenters. The Bertz CT molecular complexity index is 337. The number of Topliss-reactive ketones (excluding diaryl/α,β-unsaturated/α-hetero) is 1. The van der Waals surface area contributed by atoms with Crippen LogP contribution in [0.2, 0.25) is 0 Å². The number of ether oxygens (including phenoxy) is 3. The fourth-order valence-electron chi connectivity index (χ4n) is 0.682. The van der Waals surface area contributed by atoms with Crippen LogP contribution in [-0.4, -0.2) is 43.9 Å².